The highest BCUT2D eigenvalue weighted by Crippen LogP contribution is 2.26. The standard InChI is InChI=1S/C34H36N4O7S/c1-43-29-12-10-26(11-13-29)24-38(33(27-7-3-2-4-8-27)34(40)36-23-28-9-5-6-18-35-28)32(39)25-45-30-14-16-31(17-15-30)46(41,42)37-19-21-44-22-20-37/h2-18,33H,19-25H2,1H3,(H,36,40)/t33-/m1/s1. The van der Waals surface area contributed by atoms with Crippen LogP contribution in [0.4, 0.5) is 0 Å². The van der Waals surface area contributed by atoms with Gasteiger partial charge in [0.05, 0.1) is 37.5 Å². The van der Waals surface area contributed by atoms with Gasteiger partial charge in [-0.25, -0.2) is 8.42 Å². The van der Waals surface area contributed by atoms with E-state index in [0.29, 0.717) is 36.0 Å². The van der Waals surface area contributed by atoms with Gasteiger partial charge in [-0.15, -0.1) is 0 Å². The summed E-state index contributed by atoms with van der Waals surface area (Å²) in [6, 6.07) is 26.7. The molecule has 12 heteroatoms. The number of hydrogen-bond donors (Lipinski definition) is 1. The Morgan fingerprint density at radius 3 is 2.24 bits per heavy atom. The number of sulfonamides is 1. The molecule has 2 amide bonds. The summed E-state index contributed by atoms with van der Waals surface area (Å²) < 4.78 is 43.8. The minimum Gasteiger partial charge on any atom is -0.497 e. The van der Waals surface area contributed by atoms with E-state index in [1.165, 1.54) is 33.5 Å². The van der Waals surface area contributed by atoms with E-state index in [-0.39, 0.29) is 43.6 Å². The Hall–Kier alpha value is -4.78. The van der Waals surface area contributed by atoms with Gasteiger partial charge in [-0.2, -0.15) is 4.31 Å². The van der Waals surface area contributed by atoms with E-state index in [4.69, 9.17) is 14.2 Å². The summed E-state index contributed by atoms with van der Waals surface area (Å²) >= 11 is 0. The maximum Gasteiger partial charge on any atom is 0.261 e. The third-order valence-corrected chi connectivity index (χ3v) is 9.38. The first-order valence-electron chi connectivity index (χ1n) is 14.8. The summed E-state index contributed by atoms with van der Waals surface area (Å²) in [6.07, 6.45) is 1.65. The van der Waals surface area contributed by atoms with Crippen molar-refractivity contribution in [2.75, 3.05) is 40.0 Å². The normalized spacial score (nSPS) is 14.2. The molecule has 4 aromatic rings. The monoisotopic (exact) mass is 644 g/mol. The second-order valence-electron chi connectivity index (χ2n) is 10.5. The van der Waals surface area contributed by atoms with Gasteiger partial charge in [0.25, 0.3) is 5.91 Å². The molecule has 3 aromatic carbocycles. The smallest absolute Gasteiger partial charge is 0.261 e. The van der Waals surface area contributed by atoms with E-state index in [2.05, 4.69) is 10.3 Å². The van der Waals surface area contributed by atoms with Gasteiger partial charge in [0, 0.05) is 25.8 Å². The highest BCUT2D eigenvalue weighted by Gasteiger charge is 2.32. The minimum atomic E-state index is -3.68. The van der Waals surface area contributed by atoms with Gasteiger partial charge < -0.3 is 24.4 Å². The molecule has 5 rings (SSSR count). The number of carbonyl (C=O) groups excluding carboxylic acids is 2. The molecule has 0 unspecified atom stereocenters. The molecule has 0 saturated carbocycles. The number of hydrogen-bond acceptors (Lipinski definition) is 8. The van der Waals surface area contributed by atoms with Gasteiger partial charge in [0.2, 0.25) is 15.9 Å². The van der Waals surface area contributed by atoms with Gasteiger partial charge >= 0.3 is 0 Å². The van der Waals surface area contributed by atoms with Crippen molar-refractivity contribution in [1.82, 2.24) is 19.5 Å². The lowest BCUT2D eigenvalue weighted by Gasteiger charge is -2.31. The topological polar surface area (TPSA) is 127 Å². The number of amides is 2. The molecule has 0 aliphatic carbocycles. The predicted molar refractivity (Wildman–Crippen MR) is 170 cm³/mol. The quantitative estimate of drug-likeness (QED) is 0.234. The van der Waals surface area contributed by atoms with E-state index < -0.39 is 22.0 Å². The van der Waals surface area contributed by atoms with Crippen molar-refractivity contribution < 1.29 is 32.2 Å². The number of morpholine rings is 1. The molecular weight excluding hydrogens is 608 g/mol. The van der Waals surface area contributed by atoms with E-state index in [1.54, 1.807) is 43.6 Å². The SMILES string of the molecule is COc1ccc(CN(C(=O)COc2ccc(S(=O)(=O)N3CCOCC3)cc2)[C@@H](C(=O)NCc2ccccn2)c2ccccc2)cc1. The number of nitrogens with one attached hydrogen (secondary N) is 1. The van der Waals surface area contributed by atoms with E-state index in [1.807, 2.05) is 42.5 Å². The van der Waals surface area contributed by atoms with Crippen LogP contribution < -0.4 is 14.8 Å². The molecule has 0 spiro atoms. The summed E-state index contributed by atoms with van der Waals surface area (Å²) in [5, 5.41) is 2.93. The summed E-state index contributed by atoms with van der Waals surface area (Å²) in [6.45, 7) is 1.18. The summed E-state index contributed by atoms with van der Waals surface area (Å²) in [7, 11) is -2.10. The van der Waals surface area contributed by atoms with E-state index in [0.717, 1.165) is 5.56 Å². The predicted octanol–water partition coefficient (Wildman–Crippen LogP) is 3.58. The Balaban J connectivity index is 1.37. The van der Waals surface area contributed by atoms with Crippen molar-refractivity contribution in [3.63, 3.8) is 0 Å². The van der Waals surface area contributed by atoms with Crippen LogP contribution in [0.2, 0.25) is 0 Å². The Labute approximate surface area is 268 Å². The van der Waals surface area contributed by atoms with Crippen molar-refractivity contribution in [3.8, 4) is 11.5 Å². The lowest BCUT2D eigenvalue weighted by atomic mass is 10.0. The first-order valence-corrected chi connectivity index (χ1v) is 16.2. The van der Waals surface area contributed by atoms with E-state index >= 15 is 0 Å². The van der Waals surface area contributed by atoms with Gasteiger partial charge in [-0.05, 0) is 59.7 Å². The first kappa shape index (κ1) is 32.6. The number of benzene rings is 3. The third kappa shape index (κ3) is 8.27. The first-order chi connectivity index (χ1) is 22.3. The van der Waals surface area contributed by atoms with Crippen LogP contribution in [-0.4, -0.2) is 74.4 Å². The van der Waals surface area contributed by atoms with Crippen LogP contribution in [0.3, 0.4) is 0 Å². The minimum absolute atomic E-state index is 0.111. The summed E-state index contributed by atoms with van der Waals surface area (Å²) in [5.41, 5.74) is 2.09. The molecule has 1 saturated heterocycles. The second kappa shape index (κ2) is 15.5. The Bertz CT molecular complexity index is 1680. The fraction of sp³-hybridized carbons (Fsp3) is 0.265. The fourth-order valence-electron chi connectivity index (χ4n) is 5.01. The molecule has 46 heavy (non-hydrogen) atoms. The van der Waals surface area contributed by atoms with Crippen molar-refractivity contribution in [2.24, 2.45) is 0 Å². The van der Waals surface area contributed by atoms with E-state index in [9.17, 15) is 18.0 Å². The second-order valence-corrected chi connectivity index (χ2v) is 12.4. The van der Waals surface area contributed by atoms with Crippen LogP contribution in [0, 0.1) is 0 Å². The van der Waals surface area contributed by atoms with Crippen LogP contribution in [-0.2, 0) is 37.4 Å². The molecular formula is C34H36N4O7S. The Kier molecular flexibility index (Phi) is 11.0. The average Bonchev–Trinajstić information content (AvgIpc) is 3.11. The van der Waals surface area contributed by atoms with Gasteiger partial charge in [-0.1, -0.05) is 48.5 Å². The third-order valence-electron chi connectivity index (χ3n) is 7.47. The largest absolute Gasteiger partial charge is 0.497 e. The lowest BCUT2D eigenvalue weighted by Crippen LogP contribution is -2.45. The Morgan fingerprint density at radius 1 is 0.913 bits per heavy atom. The fourth-order valence-corrected chi connectivity index (χ4v) is 6.42. The average molecular weight is 645 g/mol. The number of carbonyl (C=O) groups is 2. The summed E-state index contributed by atoms with van der Waals surface area (Å²) in [5.74, 6) is 0.158. The molecule has 240 valence electrons. The lowest BCUT2D eigenvalue weighted by molar-refractivity contribution is -0.143. The van der Waals surface area contributed by atoms with Crippen LogP contribution in [0.15, 0.2) is 108 Å². The van der Waals surface area contributed by atoms with Crippen molar-refractivity contribution in [1.29, 1.82) is 0 Å². The molecule has 1 fully saturated rings. The number of pyridine rings is 1. The molecule has 1 N–H and O–H groups in total. The van der Waals surface area contributed by atoms with Gasteiger partial charge in [-0.3, -0.25) is 14.6 Å². The molecule has 0 radical (unpaired) electrons. The molecule has 1 atom stereocenters. The highest BCUT2D eigenvalue weighted by molar-refractivity contribution is 7.89. The number of rotatable bonds is 13. The molecule has 0 bridgehead atoms. The van der Waals surface area contributed by atoms with Crippen molar-refractivity contribution in [2.45, 2.75) is 24.0 Å². The van der Waals surface area contributed by atoms with Gasteiger partial charge in [0.1, 0.15) is 17.5 Å². The van der Waals surface area contributed by atoms with Crippen LogP contribution in [0.5, 0.6) is 11.5 Å². The number of nitrogens with zero attached hydrogens (tertiary/aromatic N) is 3. The maximum atomic E-state index is 13.9. The van der Waals surface area contributed by atoms with Crippen LogP contribution >= 0.6 is 0 Å². The van der Waals surface area contributed by atoms with Crippen LogP contribution in [0.1, 0.15) is 22.9 Å². The molecule has 1 aliphatic heterocycles. The number of methoxy groups -OCH3 is 1. The number of ether oxygens (including phenoxy) is 3. The zero-order valence-electron chi connectivity index (χ0n) is 25.4. The number of aromatic nitrogens is 1. The van der Waals surface area contributed by atoms with Crippen molar-refractivity contribution >= 4 is 21.8 Å². The molecule has 2 heterocycles. The molecule has 11 nitrogen and oxygen atoms in total. The highest BCUT2D eigenvalue weighted by atomic mass is 32.2. The molecule has 1 aliphatic rings. The maximum absolute atomic E-state index is 13.9. The molecule has 1 aromatic heterocycles. The van der Waals surface area contributed by atoms with Gasteiger partial charge in [0.15, 0.2) is 6.61 Å². The van der Waals surface area contributed by atoms with Crippen molar-refractivity contribution in [3.05, 3.63) is 120 Å². The zero-order valence-corrected chi connectivity index (χ0v) is 26.3. The van der Waals surface area contributed by atoms with Crippen LogP contribution in [0.25, 0.3) is 0 Å². The summed E-state index contributed by atoms with van der Waals surface area (Å²) in [4.78, 5) is 33.7. The zero-order chi connectivity index (χ0) is 32.4. The Morgan fingerprint density at radius 2 is 1.59 bits per heavy atom.